The molecule has 0 saturated carbocycles. The second-order valence-corrected chi connectivity index (χ2v) is 5.39. The molecule has 110 valence electrons. The van der Waals surface area contributed by atoms with Crippen molar-refractivity contribution in [3.05, 3.63) is 29.8 Å². The van der Waals surface area contributed by atoms with Crippen molar-refractivity contribution in [1.82, 2.24) is 0 Å². The van der Waals surface area contributed by atoms with Crippen LogP contribution >= 0.6 is 0 Å². The van der Waals surface area contributed by atoms with Crippen molar-refractivity contribution in [2.24, 2.45) is 11.8 Å². The van der Waals surface area contributed by atoms with Gasteiger partial charge in [-0.1, -0.05) is 20.8 Å². The number of carboxylic acids is 2. The molecule has 0 aliphatic rings. The van der Waals surface area contributed by atoms with E-state index >= 15 is 0 Å². The van der Waals surface area contributed by atoms with Gasteiger partial charge in [0.15, 0.2) is 0 Å². The van der Waals surface area contributed by atoms with Gasteiger partial charge in [-0.2, -0.15) is 0 Å². The smallest absolute Gasteiger partial charge is 0.335 e. The zero-order valence-electron chi connectivity index (χ0n) is 12.0. The number of benzene rings is 1. The number of carbonyl (C=O) groups is 2. The van der Waals surface area contributed by atoms with Crippen LogP contribution in [0.2, 0.25) is 0 Å². The van der Waals surface area contributed by atoms with E-state index < -0.39 is 17.9 Å². The Bertz CT molecular complexity index is 467. The molecule has 1 unspecified atom stereocenters. The van der Waals surface area contributed by atoms with Gasteiger partial charge in [-0.3, -0.25) is 4.79 Å². The Morgan fingerprint density at radius 1 is 1.05 bits per heavy atom. The summed E-state index contributed by atoms with van der Waals surface area (Å²) in [6.45, 7) is 6.92. The van der Waals surface area contributed by atoms with Gasteiger partial charge in [-0.15, -0.1) is 0 Å². The van der Waals surface area contributed by atoms with Gasteiger partial charge in [0.1, 0.15) is 0 Å². The lowest BCUT2D eigenvalue weighted by atomic mass is 10.1. The summed E-state index contributed by atoms with van der Waals surface area (Å²) in [5.74, 6) is -1.89. The molecule has 1 aromatic carbocycles. The van der Waals surface area contributed by atoms with Crippen LogP contribution in [0.4, 0.5) is 5.69 Å². The van der Waals surface area contributed by atoms with E-state index in [1.54, 1.807) is 19.1 Å². The predicted molar refractivity (Wildman–Crippen MR) is 77.3 cm³/mol. The van der Waals surface area contributed by atoms with E-state index in [4.69, 9.17) is 10.2 Å². The number of aliphatic carboxylic acids is 1. The van der Waals surface area contributed by atoms with Crippen LogP contribution in [0, 0.1) is 11.8 Å². The molecule has 0 heterocycles. The molecular weight excluding hydrogens is 258 g/mol. The Balaban J connectivity index is 2.92. The fourth-order valence-electron chi connectivity index (χ4n) is 1.95. The van der Waals surface area contributed by atoms with Crippen molar-refractivity contribution >= 4 is 17.6 Å². The Hall–Kier alpha value is -2.04. The molecular formula is C15H21NO4. The van der Waals surface area contributed by atoms with E-state index in [1.807, 2.05) is 4.90 Å². The summed E-state index contributed by atoms with van der Waals surface area (Å²) >= 11 is 0. The first kappa shape index (κ1) is 16.0. The third-order valence-electron chi connectivity index (χ3n) is 2.98. The van der Waals surface area contributed by atoms with Crippen molar-refractivity contribution in [2.45, 2.75) is 20.8 Å². The highest BCUT2D eigenvalue weighted by atomic mass is 16.4. The van der Waals surface area contributed by atoms with Crippen LogP contribution in [0.1, 0.15) is 31.1 Å². The maximum absolute atomic E-state index is 11.0. The van der Waals surface area contributed by atoms with Crippen LogP contribution < -0.4 is 4.90 Å². The summed E-state index contributed by atoms with van der Waals surface area (Å²) in [6.07, 6.45) is 0. The zero-order chi connectivity index (χ0) is 15.3. The van der Waals surface area contributed by atoms with Gasteiger partial charge in [-0.05, 0) is 30.2 Å². The van der Waals surface area contributed by atoms with E-state index in [0.717, 1.165) is 12.2 Å². The second-order valence-electron chi connectivity index (χ2n) is 5.39. The zero-order valence-corrected chi connectivity index (χ0v) is 12.0. The fourth-order valence-corrected chi connectivity index (χ4v) is 1.95. The predicted octanol–water partition coefficient (Wildman–Crippen LogP) is 2.57. The average molecular weight is 279 g/mol. The topological polar surface area (TPSA) is 77.8 Å². The summed E-state index contributed by atoms with van der Waals surface area (Å²) in [5, 5.41) is 17.9. The van der Waals surface area contributed by atoms with Crippen LogP contribution in [-0.2, 0) is 4.79 Å². The lowest BCUT2D eigenvalue weighted by molar-refractivity contribution is -0.140. The first-order valence-corrected chi connectivity index (χ1v) is 6.62. The largest absolute Gasteiger partial charge is 0.481 e. The van der Waals surface area contributed by atoms with E-state index in [2.05, 4.69) is 13.8 Å². The molecule has 1 rings (SSSR count). The third-order valence-corrected chi connectivity index (χ3v) is 2.98. The quantitative estimate of drug-likeness (QED) is 0.802. The Labute approximate surface area is 118 Å². The first-order chi connectivity index (χ1) is 9.31. The minimum atomic E-state index is -0.967. The summed E-state index contributed by atoms with van der Waals surface area (Å²) in [6, 6.07) is 6.52. The molecule has 0 aromatic heterocycles. The van der Waals surface area contributed by atoms with Crippen molar-refractivity contribution in [1.29, 1.82) is 0 Å². The van der Waals surface area contributed by atoms with Crippen molar-refractivity contribution in [2.75, 3.05) is 18.0 Å². The molecule has 5 heteroatoms. The molecule has 0 fully saturated rings. The average Bonchev–Trinajstić information content (AvgIpc) is 2.37. The van der Waals surface area contributed by atoms with Gasteiger partial charge in [-0.25, -0.2) is 4.79 Å². The maximum Gasteiger partial charge on any atom is 0.335 e. The number of nitrogens with zero attached hydrogens (tertiary/aromatic N) is 1. The minimum absolute atomic E-state index is 0.226. The monoisotopic (exact) mass is 279 g/mol. The Kier molecular flexibility index (Phi) is 5.55. The lowest BCUT2D eigenvalue weighted by Gasteiger charge is -2.28. The van der Waals surface area contributed by atoms with Gasteiger partial charge in [0.2, 0.25) is 0 Å². The maximum atomic E-state index is 11.0. The van der Waals surface area contributed by atoms with Crippen LogP contribution in [0.3, 0.4) is 0 Å². The highest BCUT2D eigenvalue weighted by Gasteiger charge is 2.17. The van der Waals surface area contributed by atoms with Crippen LogP contribution in [0.25, 0.3) is 0 Å². The summed E-state index contributed by atoms with van der Waals surface area (Å²) in [5.41, 5.74) is 1.07. The number of rotatable bonds is 7. The molecule has 5 nitrogen and oxygen atoms in total. The molecule has 2 N–H and O–H groups in total. The number of anilines is 1. The molecule has 0 aliphatic heterocycles. The summed E-state index contributed by atoms with van der Waals surface area (Å²) < 4.78 is 0. The SMILES string of the molecule is CC(C)CN(CC(C)C(=O)O)c1ccc(C(=O)O)cc1. The molecule has 1 atom stereocenters. The highest BCUT2D eigenvalue weighted by molar-refractivity contribution is 5.88. The standard InChI is InChI=1S/C15H21NO4/c1-10(2)8-16(9-11(3)14(17)18)13-6-4-12(5-7-13)15(19)20/h4-7,10-11H,8-9H2,1-3H3,(H,17,18)(H,19,20). The van der Waals surface area contributed by atoms with E-state index in [0.29, 0.717) is 12.5 Å². The molecule has 0 bridgehead atoms. The van der Waals surface area contributed by atoms with Gasteiger partial charge in [0.25, 0.3) is 0 Å². The van der Waals surface area contributed by atoms with E-state index in [1.165, 1.54) is 12.1 Å². The Morgan fingerprint density at radius 2 is 1.60 bits per heavy atom. The second kappa shape index (κ2) is 6.93. The van der Waals surface area contributed by atoms with Gasteiger partial charge < -0.3 is 15.1 Å². The molecule has 0 spiro atoms. The van der Waals surface area contributed by atoms with Gasteiger partial charge in [0, 0.05) is 18.8 Å². The normalized spacial score (nSPS) is 12.2. The molecule has 20 heavy (non-hydrogen) atoms. The van der Waals surface area contributed by atoms with E-state index in [-0.39, 0.29) is 5.56 Å². The lowest BCUT2D eigenvalue weighted by Crippen LogP contribution is -2.34. The highest BCUT2D eigenvalue weighted by Crippen LogP contribution is 2.18. The number of hydrogen-bond donors (Lipinski definition) is 2. The number of carboxylic acid groups (broad SMARTS) is 2. The number of aromatic carboxylic acids is 1. The first-order valence-electron chi connectivity index (χ1n) is 6.62. The van der Waals surface area contributed by atoms with E-state index in [9.17, 15) is 9.59 Å². The minimum Gasteiger partial charge on any atom is -0.481 e. The molecule has 0 amide bonds. The molecule has 0 saturated heterocycles. The third kappa shape index (κ3) is 4.57. The summed E-state index contributed by atoms with van der Waals surface area (Å²) in [7, 11) is 0. The van der Waals surface area contributed by atoms with Crippen LogP contribution in [0.5, 0.6) is 0 Å². The van der Waals surface area contributed by atoms with Gasteiger partial charge in [0.05, 0.1) is 11.5 Å². The molecule has 1 aromatic rings. The summed E-state index contributed by atoms with van der Waals surface area (Å²) in [4.78, 5) is 23.8. The van der Waals surface area contributed by atoms with Crippen molar-refractivity contribution in [3.63, 3.8) is 0 Å². The fraction of sp³-hybridized carbons (Fsp3) is 0.467. The Morgan fingerprint density at radius 3 is 2.00 bits per heavy atom. The van der Waals surface area contributed by atoms with Crippen molar-refractivity contribution in [3.8, 4) is 0 Å². The van der Waals surface area contributed by atoms with Gasteiger partial charge >= 0.3 is 11.9 Å². The molecule has 0 radical (unpaired) electrons. The molecule has 0 aliphatic carbocycles. The van der Waals surface area contributed by atoms with Crippen molar-refractivity contribution < 1.29 is 19.8 Å². The van der Waals surface area contributed by atoms with Crippen LogP contribution in [0.15, 0.2) is 24.3 Å². The van der Waals surface area contributed by atoms with Crippen LogP contribution in [-0.4, -0.2) is 35.2 Å². The number of hydrogen-bond acceptors (Lipinski definition) is 3.